The summed E-state index contributed by atoms with van der Waals surface area (Å²) in [5, 5.41) is 7.88. The number of fused-ring (bicyclic) bond motifs is 2. The molecule has 4 aromatic rings. The van der Waals surface area contributed by atoms with Gasteiger partial charge in [-0.3, -0.25) is 24.5 Å². The second-order valence-corrected chi connectivity index (χ2v) is 9.40. The van der Waals surface area contributed by atoms with Gasteiger partial charge in [-0.15, -0.1) is 11.3 Å². The number of benzene rings is 3. The average molecular weight is 495 g/mol. The fourth-order valence-electron chi connectivity index (χ4n) is 4.42. The number of rotatable bonds is 4. The average Bonchev–Trinajstić information content (AvgIpc) is 3.54. The smallest absolute Gasteiger partial charge is 0.266 e. The Hall–Kier alpha value is -4.63. The van der Waals surface area contributed by atoms with Gasteiger partial charge in [0, 0.05) is 22.2 Å². The summed E-state index contributed by atoms with van der Waals surface area (Å²) in [4.78, 5) is 56.1. The fraction of sp³-hybridized carbons (Fsp3) is 0.0741. The van der Waals surface area contributed by atoms with Crippen LogP contribution in [0.25, 0.3) is 11.3 Å². The van der Waals surface area contributed by atoms with Crippen molar-refractivity contribution in [2.75, 3.05) is 15.5 Å². The number of amides is 4. The van der Waals surface area contributed by atoms with E-state index in [1.807, 2.05) is 30.5 Å². The SMILES string of the molecule is CC1C(=O)Nc2ccc(-c3csc(NC(=O)c4cccc(N5C(=O)c6ccccc6C5=O)c4)n3)cc21. The predicted molar refractivity (Wildman–Crippen MR) is 137 cm³/mol. The summed E-state index contributed by atoms with van der Waals surface area (Å²) < 4.78 is 0. The molecule has 4 amide bonds. The number of carbonyl (C=O) groups is 4. The third-order valence-corrected chi connectivity index (χ3v) is 7.11. The van der Waals surface area contributed by atoms with E-state index in [0.29, 0.717) is 27.6 Å². The largest absolute Gasteiger partial charge is 0.325 e. The van der Waals surface area contributed by atoms with Crippen LogP contribution in [0.2, 0.25) is 0 Å². The van der Waals surface area contributed by atoms with Gasteiger partial charge >= 0.3 is 0 Å². The molecule has 0 saturated heterocycles. The van der Waals surface area contributed by atoms with Crippen LogP contribution in [-0.2, 0) is 4.79 Å². The molecular weight excluding hydrogens is 476 g/mol. The Morgan fingerprint density at radius 2 is 1.72 bits per heavy atom. The lowest BCUT2D eigenvalue weighted by Gasteiger charge is -2.14. The molecule has 0 saturated carbocycles. The molecule has 1 unspecified atom stereocenters. The topological polar surface area (TPSA) is 108 Å². The number of carbonyl (C=O) groups excluding carboxylic acids is 4. The Labute approximate surface area is 209 Å². The van der Waals surface area contributed by atoms with E-state index in [1.54, 1.807) is 42.5 Å². The number of thiazole rings is 1. The molecule has 0 bridgehead atoms. The van der Waals surface area contributed by atoms with Gasteiger partial charge in [0.05, 0.1) is 28.4 Å². The van der Waals surface area contributed by atoms with Gasteiger partial charge in [0.15, 0.2) is 5.13 Å². The van der Waals surface area contributed by atoms with Gasteiger partial charge in [-0.05, 0) is 55.0 Å². The molecule has 176 valence electrons. The summed E-state index contributed by atoms with van der Waals surface area (Å²) in [7, 11) is 0. The summed E-state index contributed by atoms with van der Waals surface area (Å²) in [6, 6.07) is 18.7. The zero-order chi connectivity index (χ0) is 25.0. The highest BCUT2D eigenvalue weighted by Gasteiger charge is 2.36. The van der Waals surface area contributed by atoms with Gasteiger partial charge in [0.2, 0.25) is 5.91 Å². The van der Waals surface area contributed by atoms with Crippen LogP contribution in [0.4, 0.5) is 16.5 Å². The number of nitrogens with one attached hydrogen (secondary N) is 2. The predicted octanol–water partition coefficient (Wildman–Crippen LogP) is 4.92. The quantitative estimate of drug-likeness (QED) is 0.392. The van der Waals surface area contributed by atoms with Crippen molar-refractivity contribution < 1.29 is 19.2 Å². The molecule has 2 N–H and O–H groups in total. The third kappa shape index (κ3) is 3.48. The number of hydrogen-bond acceptors (Lipinski definition) is 6. The van der Waals surface area contributed by atoms with E-state index in [9.17, 15) is 19.2 Å². The summed E-state index contributed by atoms with van der Waals surface area (Å²) >= 11 is 1.28. The molecule has 0 fully saturated rings. The van der Waals surface area contributed by atoms with Crippen molar-refractivity contribution >= 4 is 51.5 Å². The Bertz CT molecular complexity index is 1570. The van der Waals surface area contributed by atoms with Crippen molar-refractivity contribution in [3.8, 4) is 11.3 Å². The molecule has 2 aliphatic heterocycles. The minimum atomic E-state index is -0.418. The first kappa shape index (κ1) is 21.9. The highest BCUT2D eigenvalue weighted by atomic mass is 32.1. The summed E-state index contributed by atoms with van der Waals surface area (Å²) in [6.07, 6.45) is 0. The fourth-order valence-corrected chi connectivity index (χ4v) is 5.13. The maximum Gasteiger partial charge on any atom is 0.266 e. The van der Waals surface area contributed by atoms with Crippen molar-refractivity contribution in [1.82, 2.24) is 4.98 Å². The van der Waals surface area contributed by atoms with E-state index in [0.717, 1.165) is 21.7 Å². The van der Waals surface area contributed by atoms with Gasteiger partial charge in [-0.1, -0.05) is 24.3 Å². The number of aromatic nitrogens is 1. The van der Waals surface area contributed by atoms with Gasteiger partial charge < -0.3 is 5.32 Å². The van der Waals surface area contributed by atoms with E-state index in [2.05, 4.69) is 15.6 Å². The minimum absolute atomic E-state index is 0.0307. The molecule has 8 nitrogen and oxygen atoms in total. The van der Waals surface area contributed by atoms with E-state index >= 15 is 0 Å². The maximum atomic E-state index is 13.0. The molecule has 36 heavy (non-hydrogen) atoms. The van der Waals surface area contributed by atoms with Gasteiger partial charge in [-0.2, -0.15) is 0 Å². The van der Waals surface area contributed by atoms with Crippen LogP contribution in [0.5, 0.6) is 0 Å². The van der Waals surface area contributed by atoms with Crippen molar-refractivity contribution in [1.29, 1.82) is 0 Å². The highest BCUT2D eigenvalue weighted by Crippen LogP contribution is 2.36. The molecule has 3 aromatic carbocycles. The van der Waals surface area contributed by atoms with Crippen LogP contribution >= 0.6 is 11.3 Å². The standard InChI is InChI=1S/C27H18N4O4S/c1-14-20-12-15(9-10-21(20)28-23(14)32)22-13-36-27(29-22)30-24(33)16-5-4-6-17(11-16)31-25(34)18-7-2-3-8-19(18)26(31)35/h2-14H,1H3,(H,28,32)(H,29,30,33). The van der Waals surface area contributed by atoms with Crippen LogP contribution in [0, 0.1) is 0 Å². The molecule has 0 spiro atoms. The summed E-state index contributed by atoms with van der Waals surface area (Å²) in [5.41, 5.74) is 4.55. The van der Waals surface area contributed by atoms with Gasteiger partial charge in [0.25, 0.3) is 17.7 Å². The molecule has 6 rings (SSSR count). The molecule has 2 aliphatic rings. The lowest BCUT2D eigenvalue weighted by Crippen LogP contribution is -2.29. The van der Waals surface area contributed by atoms with Crippen LogP contribution in [0.1, 0.15) is 49.5 Å². The first-order valence-corrected chi connectivity index (χ1v) is 12.1. The number of nitrogens with zero attached hydrogens (tertiary/aromatic N) is 2. The lowest BCUT2D eigenvalue weighted by atomic mass is 10.00. The number of imide groups is 1. The zero-order valence-electron chi connectivity index (χ0n) is 18.9. The summed E-state index contributed by atoms with van der Waals surface area (Å²) in [5.74, 6) is -1.51. The normalized spacial score (nSPS) is 16.1. The number of hydrogen-bond donors (Lipinski definition) is 2. The Kier molecular flexibility index (Phi) is 5.01. The zero-order valence-corrected chi connectivity index (χ0v) is 19.8. The third-order valence-electron chi connectivity index (χ3n) is 6.35. The van der Waals surface area contributed by atoms with E-state index in [1.165, 1.54) is 17.4 Å². The van der Waals surface area contributed by atoms with Crippen LogP contribution in [0.3, 0.4) is 0 Å². The highest BCUT2D eigenvalue weighted by molar-refractivity contribution is 7.14. The van der Waals surface area contributed by atoms with E-state index in [-0.39, 0.29) is 17.4 Å². The lowest BCUT2D eigenvalue weighted by molar-refractivity contribution is -0.116. The van der Waals surface area contributed by atoms with E-state index in [4.69, 9.17) is 0 Å². The van der Waals surface area contributed by atoms with Gasteiger partial charge in [-0.25, -0.2) is 9.88 Å². The first-order chi connectivity index (χ1) is 17.4. The van der Waals surface area contributed by atoms with Crippen molar-refractivity contribution in [2.45, 2.75) is 12.8 Å². The van der Waals surface area contributed by atoms with Crippen LogP contribution in [0.15, 0.2) is 72.1 Å². The molecule has 0 aliphatic carbocycles. The Balaban J connectivity index is 1.21. The molecule has 9 heteroatoms. The van der Waals surface area contributed by atoms with Crippen molar-refractivity contribution in [3.05, 3.63) is 94.4 Å². The van der Waals surface area contributed by atoms with Crippen molar-refractivity contribution in [2.24, 2.45) is 0 Å². The second kappa shape index (κ2) is 8.24. The molecular formula is C27H18N4O4S. The van der Waals surface area contributed by atoms with Crippen LogP contribution < -0.4 is 15.5 Å². The molecule has 1 atom stereocenters. The van der Waals surface area contributed by atoms with E-state index < -0.39 is 17.7 Å². The molecule has 3 heterocycles. The minimum Gasteiger partial charge on any atom is -0.325 e. The van der Waals surface area contributed by atoms with Gasteiger partial charge in [0.1, 0.15) is 0 Å². The molecule has 0 radical (unpaired) electrons. The van der Waals surface area contributed by atoms with Crippen molar-refractivity contribution in [3.63, 3.8) is 0 Å². The van der Waals surface area contributed by atoms with Crippen LogP contribution in [-0.4, -0.2) is 28.6 Å². The Morgan fingerprint density at radius 1 is 0.972 bits per heavy atom. The second-order valence-electron chi connectivity index (χ2n) is 8.55. The molecule has 1 aromatic heterocycles. The number of anilines is 3. The first-order valence-electron chi connectivity index (χ1n) is 11.2. The maximum absolute atomic E-state index is 13.0. The Morgan fingerprint density at radius 3 is 2.47 bits per heavy atom. The summed E-state index contributed by atoms with van der Waals surface area (Å²) in [6.45, 7) is 1.85. The monoisotopic (exact) mass is 494 g/mol.